The van der Waals surface area contributed by atoms with Gasteiger partial charge in [0.05, 0.1) is 0 Å². The van der Waals surface area contributed by atoms with Crippen LogP contribution >= 0.6 is 0 Å². The minimum absolute atomic E-state index is 0. The molecule has 0 atom stereocenters. The van der Waals surface area contributed by atoms with E-state index in [0.29, 0.717) is 0 Å². The number of rotatable bonds is 0. The van der Waals surface area contributed by atoms with Gasteiger partial charge in [0.15, 0.2) is 0 Å². The van der Waals surface area contributed by atoms with Crippen LogP contribution in [0.4, 0.5) is 0 Å². The SMILES string of the molecule is [Hg+2].[Hg+2].[Hg+2].[O-][Sb]([O-])[O-].[O-][Sb]([O-])[O-]. The Labute approximate surface area is 143 Å². The molecule has 0 aliphatic carbocycles. The molecule has 0 rings (SSSR count). The summed E-state index contributed by atoms with van der Waals surface area (Å²) in [5.41, 5.74) is 0. The van der Waals surface area contributed by atoms with E-state index in [4.69, 9.17) is 20.3 Å². The molecule has 0 saturated heterocycles. The van der Waals surface area contributed by atoms with E-state index in [0.717, 1.165) is 0 Å². The summed E-state index contributed by atoms with van der Waals surface area (Å²) < 4.78 is 51.6. The topological polar surface area (TPSA) is 138 Å². The van der Waals surface area contributed by atoms with Crippen LogP contribution in [-0.2, 0) is 83.0 Å². The van der Waals surface area contributed by atoms with Crippen LogP contribution in [-0.4, -0.2) is 42.9 Å². The number of hydrogen-bond donors (Lipinski definition) is 0. The third-order valence-electron chi connectivity index (χ3n) is 0. The van der Waals surface area contributed by atoms with E-state index in [1.54, 1.807) is 0 Å². The van der Waals surface area contributed by atoms with Crippen LogP contribution < -0.4 is 20.3 Å². The van der Waals surface area contributed by atoms with Crippen molar-refractivity contribution in [1.29, 1.82) is 0 Å². The van der Waals surface area contributed by atoms with Gasteiger partial charge in [0.1, 0.15) is 0 Å². The van der Waals surface area contributed by atoms with Gasteiger partial charge in [0, 0.05) is 0 Å². The normalized spacial score (nSPS) is 6.55. The van der Waals surface area contributed by atoms with Gasteiger partial charge in [-0.2, -0.15) is 0 Å². The molecule has 0 bridgehead atoms. The summed E-state index contributed by atoms with van der Waals surface area (Å²) >= 11 is -8.40. The molecule has 11 heteroatoms. The van der Waals surface area contributed by atoms with E-state index < -0.39 is 42.9 Å². The summed E-state index contributed by atoms with van der Waals surface area (Å²) in [5.74, 6) is 0. The zero-order valence-electron chi connectivity index (χ0n) is 5.47. The molecular formula is Hg3O6Sb2. The second kappa shape index (κ2) is 23.8. The Morgan fingerprint density at radius 1 is 0.455 bits per heavy atom. The molecule has 0 amide bonds. The average molecular weight is 941 g/mol. The van der Waals surface area contributed by atoms with E-state index in [9.17, 15) is 0 Å². The summed E-state index contributed by atoms with van der Waals surface area (Å²) in [6.07, 6.45) is 0. The van der Waals surface area contributed by atoms with E-state index in [1.807, 2.05) is 0 Å². The first-order valence-corrected chi connectivity index (χ1v) is 7.35. The molecule has 0 aromatic heterocycles. The Morgan fingerprint density at radius 2 is 0.455 bits per heavy atom. The molecule has 52 valence electrons. The first-order chi connectivity index (χ1) is 3.46. The van der Waals surface area contributed by atoms with Gasteiger partial charge in [-0.15, -0.1) is 0 Å². The first-order valence-electron chi connectivity index (χ1n) is 1.10. The summed E-state index contributed by atoms with van der Waals surface area (Å²) in [7, 11) is 0. The second-order valence-corrected chi connectivity index (χ2v) is 3.00. The van der Waals surface area contributed by atoms with Gasteiger partial charge in [-0.3, -0.25) is 0 Å². The molecule has 0 aromatic carbocycles. The van der Waals surface area contributed by atoms with Gasteiger partial charge in [-0.05, 0) is 0 Å². The predicted molar refractivity (Wildman–Crippen MR) is 11.5 cm³/mol. The molecule has 0 heterocycles. The molecule has 0 aromatic rings. The molecule has 0 fully saturated rings. The minimum atomic E-state index is -4.20. The van der Waals surface area contributed by atoms with Gasteiger partial charge >= 0.3 is 146 Å². The van der Waals surface area contributed by atoms with Gasteiger partial charge in [0.2, 0.25) is 0 Å². The zero-order valence-corrected chi connectivity index (χ0v) is 27.1. The van der Waals surface area contributed by atoms with Crippen LogP contribution in [0.1, 0.15) is 0 Å². The molecule has 11 heavy (non-hydrogen) atoms. The van der Waals surface area contributed by atoms with Crippen molar-refractivity contribution < 1.29 is 103 Å². The Bertz CT molecular complexity index is 31.3. The molecular weight excluding hydrogens is 941 g/mol. The molecule has 0 saturated carbocycles. The van der Waals surface area contributed by atoms with E-state index in [2.05, 4.69) is 0 Å². The fraction of sp³-hybridized carbons (Fsp3) is 0. The Hall–Kier alpha value is 4.20. The predicted octanol–water partition coefficient (Wildman–Crippen LogP) is -7.90. The van der Waals surface area contributed by atoms with E-state index in [1.165, 1.54) is 0 Å². The van der Waals surface area contributed by atoms with Crippen molar-refractivity contribution in [2.75, 3.05) is 0 Å². The number of hydrogen-bond acceptors (Lipinski definition) is 6. The van der Waals surface area contributed by atoms with Crippen molar-refractivity contribution >= 4 is 42.9 Å². The third-order valence-corrected chi connectivity index (χ3v) is 0. The molecule has 6 nitrogen and oxygen atoms in total. The Kier molecular flexibility index (Phi) is 63.7. The van der Waals surface area contributed by atoms with Crippen molar-refractivity contribution in [1.82, 2.24) is 0 Å². The molecule has 0 aliphatic heterocycles. The summed E-state index contributed by atoms with van der Waals surface area (Å²) in [4.78, 5) is 0. The van der Waals surface area contributed by atoms with E-state index in [-0.39, 0.29) is 83.0 Å². The van der Waals surface area contributed by atoms with Gasteiger partial charge in [0.25, 0.3) is 0 Å². The molecule has 0 aliphatic rings. The fourth-order valence-corrected chi connectivity index (χ4v) is 0. The maximum absolute atomic E-state index is 8.60. The van der Waals surface area contributed by atoms with Crippen molar-refractivity contribution in [2.45, 2.75) is 0 Å². The van der Waals surface area contributed by atoms with Crippen molar-refractivity contribution in [3.63, 3.8) is 0 Å². The van der Waals surface area contributed by atoms with E-state index >= 15 is 0 Å². The van der Waals surface area contributed by atoms with Crippen LogP contribution in [0.15, 0.2) is 0 Å². The van der Waals surface area contributed by atoms with Crippen molar-refractivity contribution in [3.8, 4) is 0 Å². The summed E-state index contributed by atoms with van der Waals surface area (Å²) in [6, 6.07) is 0. The second-order valence-electron chi connectivity index (χ2n) is 0.447. The van der Waals surface area contributed by atoms with Crippen LogP contribution in [0.25, 0.3) is 0 Å². The van der Waals surface area contributed by atoms with Crippen LogP contribution in [0, 0.1) is 0 Å². The van der Waals surface area contributed by atoms with Gasteiger partial charge < -0.3 is 0 Å². The van der Waals surface area contributed by atoms with Crippen molar-refractivity contribution in [3.05, 3.63) is 0 Å². The van der Waals surface area contributed by atoms with Crippen LogP contribution in [0.3, 0.4) is 0 Å². The molecule has 0 unspecified atom stereocenters. The van der Waals surface area contributed by atoms with Crippen LogP contribution in [0.5, 0.6) is 0 Å². The molecule has 0 N–H and O–H groups in total. The van der Waals surface area contributed by atoms with Gasteiger partial charge in [-0.1, -0.05) is 0 Å². The average Bonchev–Trinajstić information content (AvgIpc) is 1.25. The molecule has 0 spiro atoms. The van der Waals surface area contributed by atoms with Crippen LogP contribution in [0.2, 0.25) is 0 Å². The zero-order chi connectivity index (χ0) is 7.15. The first kappa shape index (κ1) is 29.5. The quantitative estimate of drug-likeness (QED) is 0.222. The fourth-order valence-electron chi connectivity index (χ4n) is 0. The molecule has 0 radical (unpaired) electrons. The van der Waals surface area contributed by atoms with Crippen molar-refractivity contribution in [2.24, 2.45) is 0 Å². The summed E-state index contributed by atoms with van der Waals surface area (Å²) in [5, 5.41) is 0. The van der Waals surface area contributed by atoms with Gasteiger partial charge in [-0.25, -0.2) is 0 Å². The Morgan fingerprint density at radius 3 is 0.455 bits per heavy atom. The monoisotopic (exact) mass is 944 g/mol. The standard InChI is InChI=1S/3Hg.6O.2Sb/q3*+2;6*-1;;. The third kappa shape index (κ3) is 120. The Balaban J connectivity index is -0.0000000171. The maximum atomic E-state index is 8.60. The summed E-state index contributed by atoms with van der Waals surface area (Å²) in [6.45, 7) is 0.